The first kappa shape index (κ1) is 15.6. The minimum Gasteiger partial charge on any atom is -0.308 e. The summed E-state index contributed by atoms with van der Waals surface area (Å²) in [5.41, 5.74) is 1.38. The Labute approximate surface area is 137 Å². The highest BCUT2D eigenvalue weighted by Crippen LogP contribution is 2.37. The zero-order chi connectivity index (χ0) is 14.8. The van der Waals surface area contributed by atoms with Crippen molar-refractivity contribution in [3.05, 3.63) is 28.8 Å². The fourth-order valence-corrected chi connectivity index (χ4v) is 4.46. The molecule has 0 radical (unpaired) electrons. The first-order chi connectivity index (χ1) is 10.1. The molecule has 0 aliphatic carbocycles. The summed E-state index contributed by atoms with van der Waals surface area (Å²) in [4.78, 5) is 6.29. The summed E-state index contributed by atoms with van der Waals surface area (Å²) in [6, 6.07) is 7.34. The Morgan fingerprint density at radius 3 is 3.05 bits per heavy atom. The van der Waals surface area contributed by atoms with Crippen molar-refractivity contribution >= 4 is 23.4 Å². The molecule has 1 saturated heterocycles. The number of likely N-dealkylation sites (N-methyl/N-ethyl adjacent to an activating group) is 2. The van der Waals surface area contributed by atoms with Gasteiger partial charge in [-0.2, -0.15) is 0 Å². The Morgan fingerprint density at radius 2 is 2.19 bits per heavy atom. The molecule has 0 spiro atoms. The summed E-state index contributed by atoms with van der Waals surface area (Å²) in [5.74, 6) is 1.19. The summed E-state index contributed by atoms with van der Waals surface area (Å²) in [6.45, 7) is 4.52. The van der Waals surface area contributed by atoms with Gasteiger partial charge in [-0.1, -0.05) is 11.6 Å². The van der Waals surface area contributed by atoms with E-state index < -0.39 is 0 Å². The number of fused-ring (bicyclic) bond motifs is 1. The molecule has 5 heteroatoms. The van der Waals surface area contributed by atoms with Gasteiger partial charge in [-0.05, 0) is 50.0 Å². The zero-order valence-electron chi connectivity index (χ0n) is 12.8. The van der Waals surface area contributed by atoms with Crippen molar-refractivity contribution in [3.63, 3.8) is 0 Å². The van der Waals surface area contributed by atoms with E-state index in [1.807, 2.05) is 17.8 Å². The number of hydrogen-bond acceptors (Lipinski definition) is 4. The number of piperazine rings is 1. The Hall–Kier alpha value is -0.260. The van der Waals surface area contributed by atoms with Crippen LogP contribution in [0.25, 0.3) is 0 Å². The topological polar surface area (TPSA) is 18.5 Å². The minimum atomic E-state index is 0.445. The van der Waals surface area contributed by atoms with Crippen molar-refractivity contribution in [2.24, 2.45) is 0 Å². The van der Waals surface area contributed by atoms with Crippen molar-refractivity contribution in [1.82, 2.24) is 15.1 Å². The number of nitrogens with zero attached hydrogens (tertiary/aromatic N) is 2. The van der Waals surface area contributed by atoms with Crippen LogP contribution >= 0.6 is 23.4 Å². The van der Waals surface area contributed by atoms with Crippen LogP contribution in [-0.2, 0) is 0 Å². The second-order valence-corrected chi connectivity index (χ2v) is 7.75. The average Bonchev–Trinajstić information content (AvgIpc) is 2.48. The van der Waals surface area contributed by atoms with Gasteiger partial charge in [0, 0.05) is 48.2 Å². The molecule has 2 atom stereocenters. The number of hydrogen-bond donors (Lipinski definition) is 1. The van der Waals surface area contributed by atoms with Gasteiger partial charge < -0.3 is 10.2 Å². The number of benzene rings is 1. The molecule has 1 aromatic rings. The predicted octanol–water partition coefficient (Wildman–Crippen LogP) is 2.71. The molecule has 1 fully saturated rings. The number of halogens is 1. The lowest BCUT2D eigenvalue weighted by atomic mass is 10.0. The Kier molecular flexibility index (Phi) is 5.12. The third-order valence-electron chi connectivity index (χ3n) is 4.59. The third-order valence-corrected chi connectivity index (χ3v) is 5.95. The van der Waals surface area contributed by atoms with Gasteiger partial charge >= 0.3 is 0 Å². The molecular formula is C16H24ClN3S. The molecule has 2 aliphatic rings. The molecule has 21 heavy (non-hydrogen) atoms. The maximum Gasteiger partial charge on any atom is 0.0410 e. The highest BCUT2D eigenvalue weighted by Gasteiger charge is 2.25. The molecule has 0 saturated carbocycles. The van der Waals surface area contributed by atoms with E-state index in [2.05, 4.69) is 41.3 Å². The first-order valence-electron chi connectivity index (χ1n) is 7.68. The van der Waals surface area contributed by atoms with Crippen LogP contribution in [0.15, 0.2) is 23.1 Å². The maximum absolute atomic E-state index is 6.18. The molecule has 0 bridgehead atoms. The monoisotopic (exact) mass is 325 g/mol. The summed E-state index contributed by atoms with van der Waals surface area (Å²) < 4.78 is 0. The second-order valence-electron chi connectivity index (χ2n) is 6.18. The van der Waals surface area contributed by atoms with Gasteiger partial charge in [0.05, 0.1) is 0 Å². The number of thioether (sulfide) groups is 1. The predicted molar refractivity (Wildman–Crippen MR) is 91.5 cm³/mol. The molecule has 2 unspecified atom stereocenters. The lowest BCUT2D eigenvalue weighted by Crippen LogP contribution is -2.54. The van der Waals surface area contributed by atoms with Crippen LogP contribution in [0.4, 0.5) is 0 Å². The summed E-state index contributed by atoms with van der Waals surface area (Å²) in [7, 11) is 4.45. The summed E-state index contributed by atoms with van der Waals surface area (Å²) in [6.07, 6.45) is 1.18. The summed E-state index contributed by atoms with van der Waals surface area (Å²) in [5, 5.41) is 4.63. The van der Waals surface area contributed by atoms with Gasteiger partial charge in [0.25, 0.3) is 0 Å². The van der Waals surface area contributed by atoms with E-state index in [9.17, 15) is 0 Å². The largest absolute Gasteiger partial charge is 0.308 e. The van der Waals surface area contributed by atoms with Gasteiger partial charge in [0.1, 0.15) is 0 Å². The van der Waals surface area contributed by atoms with E-state index in [0.29, 0.717) is 12.1 Å². The van der Waals surface area contributed by atoms with Gasteiger partial charge in [-0.25, -0.2) is 0 Å². The van der Waals surface area contributed by atoms with Crippen molar-refractivity contribution in [2.45, 2.75) is 23.4 Å². The van der Waals surface area contributed by atoms with Gasteiger partial charge in [-0.3, -0.25) is 4.90 Å². The third kappa shape index (κ3) is 3.74. The molecule has 2 aliphatic heterocycles. The van der Waals surface area contributed by atoms with Crippen LogP contribution in [-0.4, -0.2) is 61.9 Å². The standard InChI is InChI=1S/C16H24ClN3S/c1-19-6-7-20(2)13(11-19)10-18-15-5-8-21-16-4-3-12(17)9-14(15)16/h3-4,9,13,15,18H,5-8,10-11H2,1-2H3. The van der Waals surface area contributed by atoms with E-state index in [1.54, 1.807) is 0 Å². The van der Waals surface area contributed by atoms with Gasteiger partial charge in [0.2, 0.25) is 0 Å². The molecule has 0 amide bonds. The van der Waals surface area contributed by atoms with Crippen LogP contribution in [0.5, 0.6) is 0 Å². The van der Waals surface area contributed by atoms with E-state index in [1.165, 1.54) is 29.2 Å². The number of rotatable bonds is 3. The average molecular weight is 326 g/mol. The minimum absolute atomic E-state index is 0.445. The Morgan fingerprint density at radius 1 is 1.33 bits per heavy atom. The normalized spacial score (nSPS) is 27.6. The number of nitrogens with one attached hydrogen (secondary N) is 1. The van der Waals surface area contributed by atoms with Crippen molar-refractivity contribution in [2.75, 3.05) is 46.0 Å². The zero-order valence-corrected chi connectivity index (χ0v) is 14.4. The second kappa shape index (κ2) is 6.88. The molecule has 1 N–H and O–H groups in total. The molecule has 1 aromatic carbocycles. The van der Waals surface area contributed by atoms with Crippen LogP contribution < -0.4 is 5.32 Å². The van der Waals surface area contributed by atoms with Crippen molar-refractivity contribution in [1.29, 1.82) is 0 Å². The molecule has 2 heterocycles. The van der Waals surface area contributed by atoms with Crippen LogP contribution in [0, 0.1) is 0 Å². The molecule has 116 valence electrons. The van der Waals surface area contributed by atoms with Crippen LogP contribution in [0.2, 0.25) is 5.02 Å². The van der Waals surface area contributed by atoms with E-state index >= 15 is 0 Å². The molecule has 0 aromatic heterocycles. The van der Waals surface area contributed by atoms with Gasteiger partial charge in [0.15, 0.2) is 0 Å². The SMILES string of the molecule is CN1CCN(C)C(CNC2CCSc3ccc(Cl)cc32)C1. The van der Waals surface area contributed by atoms with E-state index in [-0.39, 0.29) is 0 Å². The fourth-order valence-electron chi connectivity index (χ4n) is 3.18. The van der Waals surface area contributed by atoms with Gasteiger partial charge in [-0.15, -0.1) is 11.8 Å². The highest BCUT2D eigenvalue weighted by molar-refractivity contribution is 7.99. The van der Waals surface area contributed by atoms with Crippen LogP contribution in [0.1, 0.15) is 18.0 Å². The van der Waals surface area contributed by atoms with Crippen molar-refractivity contribution < 1.29 is 0 Å². The van der Waals surface area contributed by atoms with E-state index in [4.69, 9.17) is 11.6 Å². The smallest absolute Gasteiger partial charge is 0.0410 e. The molecular weight excluding hydrogens is 302 g/mol. The Balaban J connectivity index is 1.65. The van der Waals surface area contributed by atoms with Crippen LogP contribution in [0.3, 0.4) is 0 Å². The molecule has 3 nitrogen and oxygen atoms in total. The highest BCUT2D eigenvalue weighted by atomic mass is 35.5. The quantitative estimate of drug-likeness (QED) is 0.920. The Bertz CT molecular complexity index is 496. The maximum atomic E-state index is 6.18. The fraction of sp³-hybridized carbons (Fsp3) is 0.625. The molecule has 3 rings (SSSR count). The first-order valence-corrected chi connectivity index (χ1v) is 9.04. The van der Waals surface area contributed by atoms with Crippen molar-refractivity contribution in [3.8, 4) is 0 Å². The lowest BCUT2D eigenvalue weighted by Gasteiger charge is -2.39. The lowest BCUT2D eigenvalue weighted by molar-refractivity contribution is 0.111. The summed E-state index contributed by atoms with van der Waals surface area (Å²) >= 11 is 8.13. The van der Waals surface area contributed by atoms with E-state index in [0.717, 1.165) is 24.7 Å².